The fourth-order valence-electron chi connectivity index (χ4n) is 2.50. The molecule has 2 aromatic carbocycles. The van der Waals surface area contributed by atoms with Gasteiger partial charge in [-0.25, -0.2) is 12.8 Å². The summed E-state index contributed by atoms with van der Waals surface area (Å²) in [7, 11) is -3.83. The van der Waals surface area contributed by atoms with Crippen molar-refractivity contribution in [2.45, 2.75) is 20.8 Å². The maximum absolute atomic E-state index is 13.2. The van der Waals surface area contributed by atoms with Crippen LogP contribution in [0.2, 0.25) is 5.02 Å². The molecule has 1 atom stereocenters. The van der Waals surface area contributed by atoms with Gasteiger partial charge in [0.05, 0.1) is 28.1 Å². The first-order valence-corrected chi connectivity index (χ1v) is 9.94. The fourth-order valence-corrected chi connectivity index (χ4v) is 4.25. The molecule has 0 aliphatic carbocycles. The summed E-state index contributed by atoms with van der Waals surface area (Å²) in [4.78, 5) is 12.4. The van der Waals surface area contributed by atoms with Gasteiger partial charge < -0.3 is 5.32 Å². The number of amides is 1. The van der Waals surface area contributed by atoms with E-state index in [1.165, 1.54) is 25.1 Å². The van der Waals surface area contributed by atoms with Gasteiger partial charge in [0.25, 0.3) is 0 Å². The van der Waals surface area contributed by atoms with E-state index in [-0.39, 0.29) is 5.69 Å². The number of sulfonamides is 1. The zero-order valence-corrected chi connectivity index (χ0v) is 16.2. The maximum atomic E-state index is 13.2. The third kappa shape index (κ3) is 5.44. The molecule has 26 heavy (non-hydrogen) atoms. The number of carbonyl (C=O) groups excluding carboxylic acids is 1. The lowest BCUT2D eigenvalue weighted by Gasteiger charge is -2.16. The van der Waals surface area contributed by atoms with E-state index in [4.69, 9.17) is 11.6 Å². The van der Waals surface area contributed by atoms with E-state index in [9.17, 15) is 17.6 Å². The molecule has 0 radical (unpaired) electrons. The largest absolute Gasteiger partial charge is 0.324 e. The SMILES string of the molecule is Cc1cc(C)c(NC(=O)C(C)CS(=O)(=O)Nc2cccc(F)c2)c(Cl)c1. The van der Waals surface area contributed by atoms with E-state index in [0.717, 1.165) is 17.2 Å². The van der Waals surface area contributed by atoms with Crippen molar-refractivity contribution in [1.29, 1.82) is 0 Å². The number of rotatable bonds is 6. The van der Waals surface area contributed by atoms with Crippen molar-refractivity contribution in [1.82, 2.24) is 0 Å². The number of aryl methyl sites for hydroxylation is 2. The van der Waals surface area contributed by atoms with E-state index in [2.05, 4.69) is 10.0 Å². The zero-order chi connectivity index (χ0) is 19.5. The quantitative estimate of drug-likeness (QED) is 0.768. The summed E-state index contributed by atoms with van der Waals surface area (Å²) in [6.07, 6.45) is 0. The molecule has 0 aliphatic rings. The highest BCUT2D eigenvalue weighted by atomic mass is 35.5. The van der Waals surface area contributed by atoms with E-state index >= 15 is 0 Å². The van der Waals surface area contributed by atoms with Crippen LogP contribution in [0.3, 0.4) is 0 Å². The number of nitrogens with one attached hydrogen (secondary N) is 2. The van der Waals surface area contributed by atoms with Crippen LogP contribution >= 0.6 is 11.6 Å². The zero-order valence-electron chi connectivity index (χ0n) is 14.6. The third-order valence-electron chi connectivity index (χ3n) is 3.69. The van der Waals surface area contributed by atoms with E-state index in [0.29, 0.717) is 10.7 Å². The third-order valence-corrected chi connectivity index (χ3v) is 5.48. The van der Waals surface area contributed by atoms with E-state index in [1.54, 1.807) is 13.0 Å². The van der Waals surface area contributed by atoms with Crippen molar-refractivity contribution in [3.05, 3.63) is 58.4 Å². The van der Waals surface area contributed by atoms with Gasteiger partial charge in [0.15, 0.2) is 0 Å². The lowest BCUT2D eigenvalue weighted by Crippen LogP contribution is -2.30. The molecule has 2 aromatic rings. The Hall–Kier alpha value is -2.12. The summed E-state index contributed by atoms with van der Waals surface area (Å²) < 4.78 is 39.9. The summed E-state index contributed by atoms with van der Waals surface area (Å²) in [6, 6.07) is 8.69. The molecule has 1 unspecified atom stereocenters. The Bertz CT molecular complexity index is 909. The second-order valence-corrected chi connectivity index (χ2v) is 8.40. The van der Waals surface area contributed by atoms with Crippen LogP contribution in [-0.4, -0.2) is 20.1 Å². The predicted molar refractivity (Wildman–Crippen MR) is 103 cm³/mol. The minimum Gasteiger partial charge on any atom is -0.324 e. The van der Waals surface area contributed by atoms with Crippen molar-refractivity contribution in [2.24, 2.45) is 5.92 Å². The molecule has 0 spiro atoms. The number of anilines is 2. The summed E-state index contributed by atoms with van der Waals surface area (Å²) in [5.74, 6) is -2.31. The Morgan fingerprint density at radius 1 is 1.23 bits per heavy atom. The van der Waals surface area contributed by atoms with Crippen LogP contribution in [0.4, 0.5) is 15.8 Å². The normalized spacial score (nSPS) is 12.5. The Kier molecular flexibility index (Phi) is 6.26. The molecule has 0 saturated carbocycles. The molecule has 0 saturated heterocycles. The number of halogens is 2. The molecule has 1 amide bonds. The summed E-state index contributed by atoms with van der Waals surface area (Å²) in [5, 5.41) is 3.07. The van der Waals surface area contributed by atoms with Crippen LogP contribution in [0.25, 0.3) is 0 Å². The molecule has 0 aromatic heterocycles. The molecule has 2 N–H and O–H groups in total. The Morgan fingerprint density at radius 2 is 1.92 bits per heavy atom. The second kappa shape index (κ2) is 8.05. The number of carbonyl (C=O) groups is 1. The molecule has 2 rings (SSSR count). The van der Waals surface area contributed by atoms with Gasteiger partial charge >= 0.3 is 0 Å². The van der Waals surface area contributed by atoms with Gasteiger partial charge in [0.2, 0.25) is 15.9 Å². The van der Waals surface area contributed by atoms with Gasteiger partial charge in [-0.1, -0.05) is 30.7 Å². The van der Waals surface area contributed by atoms with Crippen molar-refractivity contribution >= 4 is 38.9 Å². The Labute approximate surface area is 157 Å². The van der Waals surface area contributed by atoms with Gasteiger partial charge in [0, 0.05) is 0 Å². The number of hydrogen-bond donors (Lipinski definition) is 2. The highest BCUT2D eigenvalue weighted by Gasteiger charge is 2.23. The van der Waals surface area contributed by atoms with Gasteiger partial charge in [-0.05, 0) is 49.2 Å². The number of hydrogen-bond acceptors (Lipinski definition) is 3. The summed E-state index contributed by atoms with van der Waals surface area (Å²) in [6.45, 7) is 5.19. The van der Waals surface area contributed by atoms with E-state index < -0.39 is 33.4 Å². The minimum atomic E-state index is -3.83. The highest BCUT2D eigenvalue weighted by Crippen LogP contribution is 2.27. The average Bonchev–Trinajstić information content (AvgIpc) is 2.49. The van der Waals surface area contributed by atoms with Crippen LogP contribution < -0.4 is 10.0 Å². The van der Waals surface area contributed by atoms with Crippen LogP contribution in [0.5, 0.6) is 0 Å². The molecule has 0 bridgehead atoms. The standard InChI is InChI=1S/C18H20ClFN2O3S/c1-11-7-12(2)17(16(19)8-11)21-18(23)13(3)10-26(24,25)22-15-6-4-5-14(20)9-15/h4-9,13,22H,10H2,1-3H3,(H,21,23). The maximum Gasteiger partial charge on any atom is 0.233 e. The number of benzene rings is 2. The molecule has 0 aliphatic heterocycles. The molecular weight excluding hydrogens is 379 g/mol. The molecule has 0 fully saturated rings. The predicted octanol–water partition coefficient (Wildman–Crippen LogP) is 4.11. The van der Waals surface area contributed by atoms with Crippen molar-refractivity contribution < 1.29 is 17.6 Å². The molecule has 8 heteroatoms. The second-order valence-electron chi connectivity index (χ2n) is 6.22. The lowest BCUT2D eigenvalue weighted by molar-refractivity contribution is -0.118. The van der Waals surface area contributed by atoms with Crippen molar-refractivity contribution in [3.8, 4) is 0 Å². The van der Waals surface area contributed by atoms with Crippen LogP contribution in [0, 0.1) is 25.6 Å². The Balaban J connectivity index is 2.06. The van der Waals surface area contributed by atoms with Crippen molar-refractivity contribution in [3.63, 3.8) is 0 Å². The van der Waals surface area contributed by atoms with E-state index in [1.807, 2.05) is 13.0 Å². The Morgan fingerprint density at radius 3 is 2.54 bits per heavy atom. The van der Waals surface area contributed by atoms with Gasteiger partial charge in [-0.3, -0.25) is 9.52 Å². The average molecular weight is 399 g/mol. The van der Waals surface area contributed by atoms with Gasteiger partial charge in [-0.15, -0.1) is 0 Å². The van der Waals surface area contributed by atoms with Crippen LogP contribution in [0.15, 0.2) is 36.4 Å². The van der Waals surface area contributed by atoms with Gasteiger partial charge in [-0.2, -0.15) is 0 Å². The van der Waals surface area contributed by atoms with Crippen molar-refractivity contribution in [2.75, 3.05) is 15.8 Å². The molecular formula is C18H20ClFN2O3S. The molecule has 0 heterocycles. The monoisotopic (exact) mass is 398 g/mol. The smallest absolute Gasteiger partial charge is 0.233 e. The molecule has 5 nitrogen and oxygen atoms in total. The van der Waals surface area contributed by atoms with Gasteiger partial charge in [0.1, 0.15) is 5.82 Å². The lowest BCUT2D eigenvalue weighted by atomic mass is 10.1. The minimum absolute atomic E-state index is 0.107. The first-order valence-electron chi connectivity index (χ1n) is 7.91. The molecule has 140 valence electrons. The first kappa shape index (κ1) is 20.2. The summed E-state index contributed by atoms with van der Waals surface area (Å²) in [5.41, 5.74) is 2.32. The fraction of sp³-hybridized carbons (Fsp3) is 0.278. The topological polar surface area (TPSA) is 75.3 Å². The van der Waals surface area contributed by atoms with Crippen LogP contribution in [0.1, 0.15) is 18.1 Å². The highest BCUT2D eigenvalue weighted by molar-refractivity contribution is 7.92. The van der Waals surface area contributed by atoms with Crippen LogP contribution in [-0.2, 0) is 14.8 Å². The summed E-state index contributed by atoms with van der Waals surface area (Å²) >= 11 is 6.16. The first-order chi connectivity index (χ1) is 12.1.